The molecule has 1 heterocycles. The predicted molar refractivity (Wildman–Crippen MR) is 143 cm³/mol. The SMILES string of the molecule is COc1cccc(OC)c1C(=O)NCc1nnc(SCc2cccc(C)c2)n1-c1cc(Cl)ccc1Cl. The van der Waals surface area contributed by atoms with Crippen LogP contribution < -0.4 is 14.8 Å². The Morgan fingerprint density at radius 1 is 1.00 bits per heavy atom. The molecule has 0 saturated carbocycles. The van der Waals surface area contributed by atoms with E-state index in [2.05, 4.69) is 40.6 Å². The maximum absolute atomic E-state index is 13.1. The monoisotopic (exact) mass is 542 g/mol. The van der Waals surface area contributed by atoms with Crippen molar-refractivity contribution in [3.8, 4) is 17.2 Å². The van der Waals surface area contributed by atoms with Gasteiger partial charge in [0.2, 0.25) is 0 Å². The average molecular weight is 543 g/mol. The van der Waals surface area contributed by atoms with Crippen LogP contribution in [0.25, 0.3) is 5.69 Å². The highest BCUT2D eigenvalue weighted by atomic mass is 35.5. The van der Waals surface area contributed by atoms with Crippen LogP contribution in [0.15, 0.2) is 65.8 Å². The summed E-state index contributed by atoms with van der Waals surface area (Å²) in [6.45, 7) is 2.14. The fraction of sp³-hybridized carbons (Fsp3) is 0.192. The second kappa shape index (κ2) is 11.7. The van der Waals surface area contributed by atoms with Gasteiger partial charge in [0.15, 0.2) is 11.0 Å². The Labute approximate surface area is 223 Å². The smallest absolute Gasteiger partial charge is 0.259 e. The van der Waals surface area contributed by atoms with Gasteiger partial charge in [-0.2, -0.15) is 0 Å². The van der Waals surface area contributed by atoms with Gasteiger partial charge >= 0.3 is 0 Å². The second-order valence-electron chi connectivity index (χ2n) is 7.83. The highest BCUT2D eigenvalue weighted by Gasteiger charge is 2.21. The largest absolute Gasteiger partial charge is 0.496 e. The Bertz CT molecular complexity index is 1370. The van der Waals surface area contributed by atoms with Crippen LogP contribution in [0.1, 0.15) is 27.3 Å². The number of ether oxygens (including phenoxy) is 2. The Morgan fingerprint density at radius 3 is 2.42 bits per heavy atom. The number of hydrogen-bond donors (Lipinski definition) is 1. The van der Waals surface area contributed by atoms with Crippen LogP contribution in [-0.2, 0) is 12.3 Å². The summed E-state index contributed by atoms with van der Waals surface area (Å²) in [6, 6.07) is 18.6. The van der Waals surface area contributed by atoms with E-state index in [0.29, 0.717) is 49.5 Å². The standard InChI is InChI=1S/C26H24Cl2N4O3S/c1-16-6-4-7-17(12-16)15-36-26-31-30-23(32(26)20-13-18(27)10-11-19(20)28)14-29-25(33)24-21(34-2)8-5-9-22(24)35-3/h4-13H,14-15H2,1-3H3,(H,29,33). The second-order valence-corrected chi connectivity index (χ2v) is 9.61. The molecular formula is C26H24Cl2N4O3S. The van der Waals surface area contributed by atoms with Gasteiger partial charge in [-0.25, -0.2) is 0 Å². The number of nitrogens with zero attached hydrogens (tertiary/aromatic N) is 3. The number of halogens is 2. The summed E-state index contributed by atoms with van der Waals surface area (Å²) >= 11 is 14.3. The van der Waals surface area contributed by atoms with Gasteiger partial charge in [0.25, 0.3) is 5.91 Å². The lowest BCUT2D eigenvalue weighted by atomic mass is 10.1. The summed E-state index contributed by atoms with van der Waals surface area (Å²) in [5, 5.41) is 13.3. The third-order valence-corrected chi connectivity index (χ3v) is 6.92. The van der Waals surface area contributed by atoms with Gasteiger partial charge in [-0.05, 0) is 42.8 Å². The number of nitrogens with one attached hydrogen (secondary N) is 1. The van der Waals surface area contributed by atoms with E-state index in [4.69, 9.17) is 32.7 Å². The first-order chi connectivity index (χ1) is 17.4. The van der Waals surface area contributed by atoms with E-state index in [1.54, 1.807) is 36.4 Å². The molecule has 0 aliphatic rings. The molecule has 0 saturated heterocycles. The molecule has 0 bridgehead atoms. The Morgan fingerprint density at radius 2 is 1.72 bits per heavy atom. The van der Waals surface area contributed by atoms with Gasteiger partial charge in [-0.1, -0.05) is 70.9 Å². The zero-order valence-corrected chi connectivity index (χ0v) is 22.2. The summed E-state index contributed by atoms with van der Waals surface area (Å²) in [4.78, 5) is 13.1. The number of rotatable bonds is 9. The molecular weight excluding hydrogens is 519 g/mol. The predicted octanol–water partition coefficient (Wildman–Crippen LogP) is 6.12. The van der Waals surface area contributed by atoms with Crippen LogP contribution >= 0.6 is 35.0 Å². The fourth-order valence-corrected chi connectivity index (χ4v) is 4.96. The normalized spacial score (nSPS) is 10.8. The van der Waals surface area contributed by atoms with Crippen LogP contribution in [0.4, 0.5) is 0 Å². The topological polar surface area (TPSA) is 78.3 Å². The van der Waals surface area contributed by atoms with E-state index < -0.39 is 0 Å². The fourth-order valence-electron chi connectivity index (χ4n) is 3.68. The third kappa shape index (κ3) is 5.78. The molecule has 0 aliphatic heterocycles. The van der Waals surface area contributed by atoms with Crippen LogP contribution in [0.2, 0.25) is 10.0 Å². The molecule has 10 heteroatoms. The van der Waals surface area contributed by atoms with E-state index in [-0.39, 0.29) is 12.5 Å². The number of aromatic nitrogens is 3. The van der Waals surface area contributed by atoms with Gasteiger partial charge < -0.3 is 14.8 Å². The maximum atomic E-state index is 13.1. The van der Waals surface area contributed by atoms with Crippen molar-refractivity contribution in [2.45, 2.75) is 24.4 Å². The van der Waals surface area contributed by atoms with Crippen molar-refractivity contribution in [1.82, 2.24) is 20.1 Å². The van der Waals surface area contributed by atoms with E-state index in [0.717, 1.165) is 5.56 Å². The minimum Gasteiger partial charge on any atom is -0.496 e. The molecule has 0 spiro atoms. The van der Waals surface area contributed by atoms with E-state index >= 15 is 0 Å². The van der Waals surface area contributed by atoms with Crippen molar-refractivity contribution in [3.63, 3.8) is 0 Å². The molecule has 4 aromatic rings. The van der Waals surface area contributed by atoms with Crippen LogP contribution in [0.3, 0.4) is 0 Å². The minimum absolute atomic E-state index is 0.0842. The quantitative estimate of drug-likeness (QED) is 0.256. The molecule has 1 aromatic heterocycles. The van der Waals surface area contributed by atoms with Crippen molar-refractivity contribution < 1.29 is 14.3 Å². The lowest BCUT2D eigenvalue weighted by Gasteiger charge is -2.15. The molecule has 1 amide bonds. The first-order valence-corrected chi connectivity index (χ1v) is 12.7. The number of benzene rings is 3. The summed E-state index contributed by atoms with van der Waals surface area (Å²) < 4.78 is 12.5. The summed E-state index contributed by atoms with van der Waals surface area (Å²) in [5.74, 6) is 1.61. The van der Waals surface area contributed by atoms with Crippen molar-refractivity contribution in [1.29, 1.82) is 0 Å². The molecule has 0 fully saturated rings. The van der Waals surface area contributed by atoms with Crippen LogP contribution in [0, 0.1) is 6.92 Å². The van der Waals surface area contributed by atoms with E-state index in [1.165, 1.54) is 31.5 Å². The summed E-state index contributed by atoms with van der Waals surface area (Å²) in [7, 11) is 3.00. The Hall–Kier alpha value is -3.20. The number of hydrogen-bond acceptors (Lipinski definition) is 6. The first-order valence-electron chi connectivity index (χ1n) is 11.0. The zero-order chi connectivity index (χ0) is 25.7. The molecule has 186 valence electrons. The number of amides is 1. The van der Waals surface area contributed by atoms with E-state index in [1.807, 2.05) is 10.6 Å². The molecule has 7 nitrogen and oxygen atoms in total. The lowest BCUT2D eigenvalue weighted by molar-refractivity contribution is 0.0943. The van der Waals surface area contributed by atoms with Crippen molar-refractivity contribution in [2.75, 3.05) is 14.2 Å². The highest BCUT2D eigenvalue weighted by Crippen LogP contribution is 2.32. The number of carbonyl (C=O) groups is 1. The molecule has 4 rings (SSSR count). The molecule has 0 aliphatic carbocycles. The number of thioether (sulfide) groups is 1. The Kier molecular flexibility index (Phi) is 8.40. The van der Waals surface area contributed by atoms with Crippen LogP contribution in [0.5, 0.6) is 11.5 Å². The molecule has 3 aromatic carbocycles. The number of aryl methyl sites for hydroxylation is 1. The molecule has 1 N–H and O–H groups in total. The van der Waals surface area contributed by atoms with Gasteiger partial charge in [0, 0.05) is 10.8 Å². The van der Waals surface area contributed by atoms with Gasteiger partial charge in [-0.3, -0.25) is 9.36 Å². The first kappa shape index (κ1) is 25.9. The molecule has 0 radical (unpaired) electrons. The third-order valence-electron chi connectivity index (χ3n) is 5.36. The number of methoxy groups -OCH3 is 2. The molecule has 0 unspecified atom stereocenters. The average Bonchev–Trinajstić information content (AvgIpc) is 3.29. The summed E-state index contributed by atoms with van der Waals surface area (Å²) in [6.07, 6.45) is 0. The zero-order valence-electron chi connectivity index (χ0n) is 19.9. The Balaban J connectivity index is 1.65. The lowest BCUT2D eigenvalue weighted by Crippen LogP contribution is -2.25. The summed E-state index contributed by atoms with van der Waals surface area (Å²) in [5.41, 5.74) is 3.26. The highest BCUT2D eigenvalue weighted by molar-refractivity contribution is 7.98. The van der Waals surface area contributed by atoms with Gasteiger partial charge in [0.1, 0.15) is 17.1 Å². The van der Waals surface area contributed by atoms with Crippen LogP contribution in [-0.4, -0.2) is 34.9 Å². The number of carbonyl (C=O) groups excluding carboxylic acids is 1. The minimum atomic E-state index is -0.370. The van der Waals surface area contributed by atoms with Gasteiger partial charge in [0.05, 0.1) is 31.5 Å². The van der Waals surface area contributed by atoms with Crippen molar-refractivity contribution in [2.24, 2.45) is 0 Å². The maximum Gasteiger partial charge on any atom is 0.259 e. The van der Waals surface area contributed by atoms with Gasteiger partial charge in [-0.15, -0.1) is 10.2 Å². The van der Waals surface area contributed by atoms with Crippen molar-refractivity contribution in [3.05, 3.63) is 93.2 Å². The molecule has 36 heavy (non-hydrogen) atoms. The molecule has 0 atom stereocenters. The van der Waals surface area contributed by atoms with Crippen molar-refractivity contribution >= 4 is 40.9 Å². The van der Waals surface area contributed by atoms with E-state index in [9.17, 15) is 4.79 Å².